The van der Waals surface area contributed by atoms with Gasteiger partial charge in [0.15, 0.2) is 0 Å². The summed E-state index contributed by atoms with van der Waals surface area (Å²) in [4.78, 5) is 9.31. The second-order valence-corrected chi connectivity index (χ2v) is 7.26. The highest BCUT2D eigenvalue weighted by atomic mass is 16.5. The van der Waals surface area contributed by atoms with Crippen LogP contribution in [0, 0.1) is 6.92 Å². The maximum atomic E-state index is 5.78. The smallest absolute Gasteiger partial charge is 0.130 e. The van der Waals surface area contributed by atoms with Gasteiger partial charge in [0.1, 0.15) is 17.4 Å². The molecule has 5 nitrogen and oxygen atoms in total. The summed E-state index contributed by atoms with van der Waals surface area (Å²) < 4.78 is 7.91. The van der Waals surface area contributed by atoms with Crippen LogP contribution in [0.1, 0.15) is 23.9 Å². The number of ether oxygens (including phenoxy) is 1. The molecule has 1 unspecified atom stereocenters. The lowest BCUT2D eigenvalue weighted by atomic mass is 10.0. The Bertz CT molecular complexity index is 1160. The zero-order valence-electron chi connectivity index (χ0n) is 16.0. The molecule has 2 aromatic carbocycles. The number of rotatable bonds is 3. The van der Waals surface area contributed by atoms with E-state index in [9.17, 15) is 0 Å². The number of nitrogens with one attached hydrogen (secondary N) is 1. The molecule has 0 radical (unpaired) electrons. The summed E-state index contributed by atoms with van der Waals surface area (Å²) in [6, 6.07) is 19.0. The highest BCUT2D eigenvalue weighted by Crippen LogP contribution is 2.34. The molecule has 0 amide bonds. The van der Waals surface area contributed by atoms with Crippen LogP contribution in [0.25, 0.3) is 22.2 Å². The largest absolute Gasteiger partial charge is 0.493 e. The van der Waals surface area contributed by atoms with E-state index in [1.165, 1.54) is 16.5 Å². The number of fused-ring (bicyclic) bond motifs is 2. The number of hydrogen-bond donors (Lipinski definition) is 1. The van der Waals surface area contributed by atoms with E-state index < -0.39 is 0 Å². The normalized spacial score (nSPS) is 15.9. The molecule has 4 aromatic rings. The van der Waals surface area contributed by atoms with Crippen molar-refractivity contribution in [3.8, 4) is 17.0 Å². The molecule has 5 rings (SSSR count). The second kappa shape index (κ2) is 6.68. The maximum absolute atomic E-state index is 5.78. The van der Waals surface area contributed by atoms with Gasteiger partial charge < -0.3 is 14.6 Å². The van der Waals surface area contributed by atoms with E-state index in [0.717, 1.165) is 35.1 Å². The van der Waals surface area contributed by atoms with Gasteiger partial charge in [-0.05, 0) is 30.5 Å². The van der Waals surface area contributed by atoms with Gasteiger partial charge in [-0.2, -0.15) is 0 Å². The average Bonchev–Trinajstić information content (AvgIpc) is 3.08. The lowest BCUT2D eigenvalue weighted by molar-refractivity contribution is 0.274. The summed E-state index contributed by atoms with van der Waals surface area (Å²) >= 11 is 0. The van der Waals surface area contributed by atoms with Gasteiger partial charge in [-0.25, -0.2) is 9.97 Å². The summed E-state index contributed by atoms with van der Waals surface area (Å²) in [6.45, 7) is 2.64. The fourth-order valence-corrected chi connectivity index (χ4v) is 3.88. The van der Waals surface area contributed by atoms with Crippen molar-refractivity contribution < 1.29 is 4.74 Å². The molecule has 0 bridgehead atoms. The standard InChI is InChI=1S/C23H22N4O/c1-15-24-20(17-8-7-16-9-11-27(2)21(16)13-17)14-23(25-15)26-19-10-12-28-22-6-4-3-5-18(19)22/h3-9,11,13-14,19H,10,12H2,1-2H3,(H,24,25,26). The van der Waals surface area contributed by atoms with Crippen LogP contribution in [-0.2, 0) is 7.05 Å². The molecule has 5 heteroatoms. The summed E-state index contributed by atoms with van der Waals surface area (Å²) in [5.41, 5.74) is 4.40. The lowest BCUT2D eigenvalue weighted by Gasteiger charge is -2.27. The van der Waals surface area contributed by atoms with E-state index in [-0.39, 0.29) is 6.04 Å². The number of para-hydroxylation sites is 1. The molecule has 140 valence electrons. The van der Waals surface area contributed by atoms with E-state index in [1.807, 2.05) is 31.2 Å². The van der Waals surface area contributed by atoms with Gasteiger partial charge in [-0.3, -0.25) is 0 Å². The van der Waals surface area contributed by atoms with Crippen molar-refractivity contribution in [2.24, 2.45) is 7.05 Å². The Morgan fingerprint density at radius 3 is 2.89 bits per heavy atom. The molecule has 28 heavy (non-hydrogen) atoms. The van der Waals surface area contributed by atoms with Crippen LogP contribution in [-0.4, -0.2) is 21.1 Å². The van der Waals surface area contributed by atoms with Crippen molar-refractivity contribution in [3.05, 3.63) is 72.2 Å². The van der Waals surface area contributed by atoms with Crippen molar-refractivity contribution in [1.82, 2.24) is 14.5 Å². The average molecular weight is 370 g/mol. The Morgan fingerprint density at radius 2 is 1.96 bits per heavy atom. The predicted octanol–water partition coefficient (Wildman–Crippen LogP) is 4.88. The zero-order valence-corrected chi connectivity index (χ0v) is 16.0. The van der Waals surface area contributed by atoms with Crippen LogP contribution in [0.2, 0.25) is 0 Å². The Morgan fingerprint density at radius 1 is 1.07 bits per heavy atom. The number of aryl methyl sites for hydroxylation is 2. The van der Waals surface area contributed by atoms with Crippen LogP contribution >= 0.6 is 0 Å². The monoisotopic (exact) mass is 370 g/mol. The number of hydrogen-bond acceptors (Lipinski definition) is 4. The first kappa shape index (κ1) is 16.8. The molecule has 0 spiro atoms. The van der Waals surface area contributed by atoms with Crippen LogP contribution in [0.3, 0.4) is 0 Å². The Balaban J connectivity index is 1.50. The molecule has 2 aromatic heterocycles. The van der Waals surface area contributed by atoms with Gasteiger partial charge in [-0.15, -0.1) is 0 Å². The third-order valence-corrected chi connectivity index (χ3v) is 5.30. The van der Waals surface area contributed by atoms with Crippen molar-refractivity contribution in [3.63, 3.8) is 0 Å². The topological polar surface area (TPSA) is 52.0 Å². The maximum Gasteiger partial charge on any atom is 0.130 e. The van der Waals surface area contributed by atoms with E-state index in [4.69, 9.17) is 4.74 Å². The van der Waals surface area contributed by atoms with E-state index >= 15 is 0 Å². The van der Waals surface area contributed by atoms with Crippen molar-refractivity contribution in [1.29, 1.82) is 0 Å². The number of anilines is 1. The van der Waals surface area contributed by atoms with Crippen LogP contribution in [0.15, 0.2) is 60.8 Å². The van der Waals surface area contributed by atoms with E-state index in [2.05, 4.69) is 63.4 Å². The first-order valence-electron chi connectivity index (χ1n) is 9.57. The first-order valence-corrected chi connectivity index (χ1v) is 9.57. The van der Waals surface area contributed by atoms with Gasteiger partial charge in [0.2, 0.25) is 0 Å². The van der Waals surface area contributed by atoms with Gasteiger partial charge in [0, 0.05) is 42.4 Å². The molecule has 0 saturated carbocycles. The predicted molar refractivity (Wildman–Crippen MR) is 112 cm³/mol. The number of benzene rings is 2. The summed E-state index contributed by atoms with van der Waals surface area (Å²) in [5, 5.41) is 4.83. The van der Waals surface area contributed by atoms with Crippen molar-refractivity contribution >= 4 is 16.7 Å². The molecule has 0 aliphatic carbocycles. The molecular formula is C23H22N4O. The molecule has 3 heterocycles. The first-order chi connectivity index (χ1) is 13.7. The molecular weight excluding hydrogens is 348 g/mol. The minimum atomic E-state index is 0.183. The fourth-order valence-electron chi connectivity index (χ4n) is 3.88. The number of aromatic nitrogens is 3. The van der Waals surface area contributed by atoms with Crippen molar-refractivity contribution in [2.75, 3.05) is 11.9 Å². The third kappa shape index (κ3) is 2.99. The molecule has 1 atom stereocenters. The van der Waals surface area contributed by atoms with E-state index in [1.54, 1.807) is 0 Å². The summed E-state index contributed by atoms with van der Waals surface area (Å²) in [7, 11) is 2.06. The molecule has 1 N–H and O–H groups in total. The molecule has 0 saturated heterocycles. The fraction of sp³-hybridized carbons (Fsp3) is 0.217. The summed E-state index contributed by atoms with van der Waals surface area (Å²) in [6.07, 6.45) is 2.99. The minimum absolute atomic E-state index is 0.183. The Labute approximate surface area is 164 Å². The van der Waals surface area contributed by atoms with Crippen LogP contribution < -0.4 is 10.1 Å². The highest BCUT2D eigenvalue weighted by molar-refractivity contribution is 5.85. The zero-order chi connectivity index (χ0) is 19.1. The van der Waals surface area contributed by atoms with Crippen molar-refractivity contribution in [2.45, 2.75) is 19.4 Å². The second-order valence-electron chi connectivity index (χ2n) is 7.26. The lowest BCUT2D eigenvalue weighted by Crippen LogP contribution is -2.21. The quantitative estimate of drug-likeness (QED) is 0.558. The van der Waals surface area contributed by atoms with Gasteiger partial charge in [0.05, 0.1) is 18.3 Å². The van der Waals surface area contributed by atoms with Crippen LogP contribution in [0.4, 0.5) is 5.82 Å². The van der Waals surface area contributed by atoms with Crippen LogP contribution in [0.5, 0.6) is 5.75 Å². The van der Waals surface area contributed by atoms with Gasteiger partial charge in [0.25, 0.3) is 0 Å². The SMILES string of the molecule is Cc1nc(NC2CCOc3ccccc32)cc(-c2ccc3ccn(C)c3c2)n1. The molecule has 1 aliphatic heterocycles. The number of nitrogens with zero attached hydrogens (tertiary/aromatic N) is 3. The summed E-state index contributed by atoms with van der Waals surface area (Å²) in [5.74, 6) is 2.55. The van der Waals surface area contributed by atoms with Gasteiger partial charge >= 0.3 is 0 Å². The van der Waals surface area contributed by atoms with Gasteiger partial charge in [-0.1, -0.05) is 30.3 Å². The van der Waals surface area contributed by atoms with E-state index in [0.29, 0.717) is 6.61 Å². The Hall–Kier alpha value is -3.34. The minimum Gasteiger partial charge on any atom is -0.493 e. The molecule has 1 aliphatic rings. The molecule has 0 fully saturated rings. The Kier molecular flexibility index (Phi) is 4.01. The third-order valence-electron chi connectivity index (χ3n) is 5.30. The highest BCUT2D eigenvalue weighted by Gasteiger charge is 2.21.